The minimum absolute atomic E-state index is 0.396. The molecular weight excluding hydrogens is 312 g/mol. The van der Waals surface area contributed by atoms with Crippen molar-refractivity contribution in [3.63, 3.8) is 0 Å². The molecule has 0 aromatic carbocycles. The van der Waals surface area contributed by atoms with Crippen LogP contribution in [0.3, 0.4) is 0 Å². The van der Waals surface area contributed by atoms with E-state index in [4.69, 9.17) is 15.5 Å². The molecule has 1 aromatic heterocycles. The number of nitrogens with two attached hydrogens (primary N) is 1. The molecule has 0 radical (unpaired) electrons. The van der Waals surface area contributed by atoms with Gasteiger partial charge in [0, 0.05) is 38.4 Å². The highest BCUT2D eigenvalue weighted by molar-refractivity contribution is 5.54. The van der Waals surface area contributed by atoms with E-state index in [-0.39, 0.29) is 0 Å². The molecule has 25 heavy (non-hydrogen) atoms. The molecule has 1 saturated carbocycles. The molecule has 0 unspecified atom stereocenters. The fourth-order valence-corrected chi connectivity index (χ4v) is 4.70. The predicted octanol–water partition coefficient (Wildman–Crippen LogP) is 3.08. The zero-order valence-corrected chi connectivity index (χ0v) is 15.5. The molecule has 5 nitrogen and oxygen atoms in total. The minimum Gasteiger partial charge on any atom is -0.381 e. The third-order valence-electron chi connectivity index (χ3n) is 6.52. The van der Waals surface area contributed by atoms with Crippen LogP contribution in [0.15, 0.2) is 12.1 Å². The number of rotatable bonds is 3. The van der Waals surface area contributed by atoms with Crippen LogP contribution in [-0.2, 0) is 4.74 Å². The molecule has 1 aromatic rings. The average Bonchev–Trinajstić information content (AvgIpc) is 3.02. The molecule has 3 aliphatic rings. The Morgan fingerprint density at radius 2 is 1.92 bits per heavy atom. The fourth-order valence-electron chi connectivity index (χ4n) is 4.70. The summed E-state index contributed by atoms with van der Waals surface area (Å²) < 4.78 is 5.56. The topological polar surface area (TPSA) is 63.4 Å². The van der Waals surface area contributed by atoms with Gasteiger partial charge in [-0.15, -0.1) is 0 Å². The Morgan fingerprint density at radius 3 is 2.64 bits per heavy atom. The van der Waals surface area contributed by atoms with Crippen LogP contribution in [0.5, 0.6) is 0 Å². The van der Waals surface area contributed by atoms with Crippen LogP contribution in [0.2, 0.25) is 0 Å². The van der Waals surface area contributed by atoms with Crippen LogP contribution in [-0.4, -0.2) is 43.4 Å². The second-order valence-corrected chi connectivity index (χ2v) is 8.34. The van der Waals surface area contributed by atoms with Gasteiger partial charge in [-0.3, -0.25) is 0 Å². The first-order chi connectivity index (χ1) is 12.1. The van der Waals surface area contributed by atoms with Gasteiger partial charge >= 0.3 is 0 Å². The Morgan fingerprint density at radius 1 is 1.16 bits per heavy atom. The van der Waals surface area contributed by atoms with Crippen LogP contribution in [0.4, 0.5) is 11.5 Å². The zero-order chi connectivity index (χ0) is 17.3. The second-order valence-electron chi connectivity index (χ2n) is 8.34. The summed E-state index contributed by atoms with van der Waals surface area (Å²) in [6.07, 6.45) is 8.26. The Kier molecular flexibility index (Phi) is 4.87. The standard InChI is InChI=1S/C20H32N4O/c1-15-18(23-17-4-2-16(21)3-5-17)6-7-19(22-15)24-11-8-20(14-24)9-12-25-13-10-20/h6-7,16-17,23H,2-5,8-14,21H2,1H3. The Labute approximate surface area is 151 Å². The maximum atomic E-state index is 6.02. The number of hydrogen-bond donors (Lipinski definition) is 2. The van der Waals surface area contributed by atoms with Gasteiger partial charge in [-0.2, -0.15) is 0 Å². The fraction of sp³-hybridized carbons (Fsp3) is 0.750. The summed E-state index contributed by atoms with van der Waals surface area (Å²) in [5, 5.41) is 3.69. The molecule has 0 bridgehead atoms. The molecule has 4 rings (SSSR count). The van der Waals surface area contributed by atoms with Gasteiger partial charge < -0.3 is 20.7 Å². The van der Waals surface area contributed by atoms with Crippen molar-refractivity contribution < 1.29 is 4.74 Å². The number of aromatic nitrogens is 1. The minimum atomic E-state index is 0.396. The second kappa shape index (κ2) is 7.12. The molecule has 3 fully saturated rings. The molecule has 3 heterocycles. The molecular formula is C20H32N4O. The van der Waals surface area contributed by atoms with Gasteiger partial charge in [-0.25, -0.2) is 4.98 Å². The van der Waals surface area contributed by atoms with Gasteiger partial charge in [0.1, 0.15) is 5.82 Å². The van der Waals surface area contributed by atoms with Crippen LogP contribution in [0.25, 0.3) is 0 Å². The van der Waals surface area contributed by atoms with Gasteiger partial charge in [0.2, 0.25) is 0 Å². The Balaban J connectivity index is 1.40. The predicted molar refractivity (Wildman–Crippen MR) is 102 cm³/mol. The Hall–Kier alpha value is -1.33. The van der Waals surface area contributed by atoms with E-state index >= 15 is 0 Å². The summed E-state index contributed by atoms with van der Waals surface area (Å²) in [7, 11) is 0. The normalized spacial score (nSPS) is 29.1. The van der Waals surface area contributed by atoms with Crippen LogP contribution >= 0.6 is 0 Å². The highest BCUT2D eigenvalue weighted by atomic mass is 16.5. The van der Waals surface area contributed by atoms with Crippen LogP contribution in [0, 0.1) is 12.3 Å². The maximum Gasteiger partial charge on any atom is 0.128 e. The summed E-state index contributed by atoms with van der Waals surface area (Å²) in [5.74, 6) is 1.14. The van der Waals surface area contributed by atoms with E-state index in [0.717, 1.165) is 50.7 Å². The van der Waals surface area contributed by atoms with Crippen molar-refractivity contribution in [2.45, 2.75) is 64.0 Å². The van der Waals surface area contributed by atoms with E-state index in [1.165, 1.54) is 37.8 Å². The molecule has 1 spiro atoms. The summed E-state index contributed by atoms with van der Waals surface area (Å²) in [6, 6.07) is 5.36. The summed E-state index contributed by atoms with van der Waals surface area (Å²) in [5.41, 5.74) is 8.78. The molecule has 2 aliphatic heterocycles. The van der Waals surface area contributed by atoms with Crippen molar-refractivity contribution in [3.05, 3.63) is 17.8 Å². The highest BCUT2D eigenvalue weighted by Crippen LogP contribution is 2.41. The summed E-state index contributed by atoms with van der Waals surface area (Å²) in [4.78, 5) is 7.40. The molecule has 0 atom stereocenters. The van der Waals surface area contributed by atoms with Gasteiger partial charge in [0.15, 0.2) is 0 Å². The highest BCUT2D eigenvalue weighted by Gasteiger charge is 2.39. The lowest BCUT2D eigenvalue weighted by atomic mass is 9.80. The molecule has 5 heteroatoms. The van der Waals surface area contributed by atoms with Crippen molar-refractivity contribution in [2.75, 3.05) is 36.5 Å². The number of nitrogens with one attached hydrogen (secondary N) is 1. The number of hydrogen-bond acceptors (Lipinski definition) is 5. The van der Waals surface area contributed by atoms with Crippen molar-refractivity contribution in [1.29, 1.82) is 0 Å². The maximum absolute atomic E-state index is 6.02. The third kappa shape index (κ3) is 3.77. The van der Waals surface area contributed by atoms with Crippen molar-refractivity contribution in [1.82, 2.24) is 4.98 Å². The Bertz CT molecular complexity index is 591. The lowest BCUT2D eigenvalue weighted by Gasteiger charge is -2.33. The number of anilines is 2. The number of pyridine rings is 1. The van der Waals surface area contributed by atoms with Crippen LogP contribution in [0.1, 0.15) is 50.6 Å². The van der Waals surface area contributed by atoms with Crippen molar-refractivity contribution in [2.24, 2.45) is 11.1 Å². The van der Waals surface area contributed by atoms with Gasteiger partial charge in [0.25, 0.3) is 0 Å². The van der Waals surface area contributed by atoms with Gasteiger partial charge in [0.05, 0.1) is 11.4 Å². The van der Waals surface area contributed by atoms with Gasteiger partial charge in [-0.1, -0.05) is 0 Å². The average molecular weight is 345 g/mol. The zero-order valence-electron chi connectivity index (χ0n) is 15.5. The molecule has 2 saturated heterocycles. The van der Waals surface area contributed by atoms with E-state index < -0.39 is 0 Å². The monoisotopic (exact) mass is 344 g/mol. The lowest BCUT2D eigenvalue weighted by molar-refractivity contribution is 0.0254. The number of ether oxygens (including phenoxy) is 1. The SMILES string of the molecule is Cc1nc(N2CCC3(CCOCC3)C2)ccc1NC1CCC(N)CC1. The first-order valence-electron chi connectivity index (χ1n) is 9.96. The molecule has 0 amide bonds. The molecule has 1 aliphatic carbocycles. The number of aryl methyl sites for hydroxylation is 1. The van der Waals surface area contributed by atoms with Crippen molar-refractivity contribution >= 4 is 11.5 Å². The molecule has 3 N–H and O–H groups in total. The number of nitrogens with zero attached hydrogens (tertiary/aromatic N) is 2. The van der Waals surface area contributed by atoms with E-state index in [1.54, 1.807) is 0 Å². The van der Waals surface area contributed by atoms with E-state index in [2.05, 4.69) is 29.3 Å². The first kappa shape index (κ1) is 17.1. The van der Waals surface area contributed by atoms with Gasteiger partial charge in [-0.05, 0) is 69.4 Å². The van der Waals surface area contributed by atoms with Crippen LogP contribution < -0.4 is 16.0 Å². The summed E-state index contributed by atoms with van der Waals surface area (Å²) >= 11 is 0. The van der Waals surface area contributed by atoms with E-state index in [9.17, 15) is 0 Å². The quantitative estimate of drug-likeness (QED) is 0.882. The van der Waals surface area contributed by atoms with E-state index in [0.29, 0.717) is 17.5 Å². The summed E-state index contributed by atoms with van der Waals surface area (Å²) in [6.45, 7) is 6.24. The van der Waals surface area contributed by atoms with E-state index in [1.807, 2.05) is 0 Å². The van der Waals surface area contributed by atoms with Crippen molar-refractivity contribution in [3.8, 4) is 0 Å². The first-order valence-corrected chi connectivity index (χ1v) is 9.96. The third-order valence-corrected chi connectivity index (χ3v) is 6.52. The molecule has 138 valence electrons. The lowest BCUT2D eigenvalue weighted by Crippen LogP contribution is -2.33. The largest absolute Gasteiger partial charge is 0.381 e. The smallest absolute Gasteiger partial charge is 0.128 e.